The maximum atomic E-state index is 14.2. The normalized spacial score (nSPS) is 15.8. The highest BCUT2D eigenvalue weighted by Crippen LogP contribution is 2.33. The van der Waals surface area contributed by atoms with Gasteiger partial charge >= 0.3 is 6.18 Å². The molecule has 31 heavy (non-hydrogen) atoms. The minimum absolute atomic E-state index is 0.0494. The van der Waals surface area contributed by atoms with E-state index in [1.165, 1.54) is 18.2 Å². The van der Waals surface area contributed by atoms with Gasteiger partial charge in [0, 0.05) is 37.8 Å². The lowest BCUT2D eigenvalue weighted by molar-refractivity contribution is -0.138. The molecule has 0 unspecified atom stereocenters. The van der Waals surface area contributed by atoms with E-state index in [1.54, 1.807) is 30.0 Å². The molecule has 1 heterocycles. The molecule has 1 fully saturated rings. The Morgan fingerprint density at radius 3 is 2.42 bits per heavy atom. The number of alkyl halides is 3. The van der Waals surface area contributed by atoms with Gasteiger partial charge in [0.2, 0.25) is 5.91 Å². The number of likely N-dealkylation sites (tertiary alicyclic amines) is 1. The topological polar surface area (TPSA) is 23.6 Å². The van der Waals surface area contributed by atoms with Crippen molar-refractivity contribution in [1.29, 1.82) is 0 Å². The average molecular weight is 436 g/mol. The van der Waals surface area contributed by atoms with Crippen molar-refractivity contribution < 1.29 is 22.4 Å². The molecule has 2 aromatic rings. The van der Waals surface area contributed by atoms with Crippen LogP contribution in [0.1, 0.15) is 49.3 Å². The number of carbonyl (C=O) groups excluding carboxylic acids is 1. The minimum Gasteiger partial charge on any atom is -0.309 e. The summed E-state index contributed by atoms with van der Waals surface area (Å²) in [4.78, 5) is 16.5. The zero-order chi connectivity index (χ0) is 22.6. The van der Waals surface area contributed by atoms with Crippen LogP contribution >= 0.6 is 0 Å². The molecule has 7 heteroatoms. The Labute approximate surface area is 180 Å². The summed E-state index contributed by atoms with van der Waals surface area (Å²) in [6.45, 7) is 4.95. The summed E-state index contributed by atoms with van der Waals surface area (Å²) in [5, 5.41) is 0. The smallest absolute Gasteiger partial charge is 0.309 e. The Hall–Kier alpha value is -2.41. The fourth-order valence-electron chi connectivity index (χ4n) is 4.14. The standard InChI is InChI=1S/C24H28F4N2O/c1-3-6-23(31)30(20-10-9-17(2)22(25)15-20)19-11-13-29(14-12-19)16-18-7-4-5-8-21(18)24(26,27)28/h4-5,7-10,15,19H,3,6,11-14,16H2,1-2H3. The second-order valence-electron chi connectivity index (χ2n) is 8.11. The van der Waals surface area contributed by atoms with Crippen LogP contribution in [0.4, 0.5) is 23.2 Å². The zero-order valence-electron chi connectivity index (χ0n) is 17.9. The Bertz CT molecular complexity index is 905. The molecule has 168 valence electrons. The highest BCUT2D eigenvalue weighted by atomic mass is 19.4. The van der Waals surface area contributed by atoms with Crippen LogP contribution in [-0.2, 0) is 17.5 Å². The van der Waals surface area contributed by atoms with Crippen molar-refractivity contribution in [2.45, 2.75) is 58.3 Å². The van der Waals surface area contributed by atoms with Gasteiger partial charge < -0.3 is 4.90 Å². The van der Waals surface area contributed by atoms with E-state index >= 15 is 0 Å². The predicted molar refractivity (Wildman–Crippen MR) is 113 cm³/mol. The summed E-state index contributed by atoms with van der Waals surface area (Å²) in [6.07, 6.45) is -2.07. The van der Waals surface area contributed by atoms with Gasteiger partial charge in [-0.2, -0.15) is 13.2 Å². The quantitative estimate of drug-likeness (QED) is 0.523. The highest BCUT2D eigenvalue weighted by molar-refractivity contribution is 5.94. The van der Waals surface area contributed by atoms with Crippen LogP contribution in [0.2, 0.25) is 0 Å². The van der Waals surface area contributed by atoms with Crippen molar-refractivity contribution in [3.8, 4) is 0 Å². The number of piperidine rings is 1. The van der Waals surface area contributed by atoms with Crippen molar-refractivity contribution in [1.82, 2.24) is 4.90 Å². The highest BCUT2D eigenvalue weighted by Gasteiger charge is 2.34. The lowest BCUT2D eigenvalue weighted by atomic mass is 9.99. The van der Waals surface area contributed by atoms with Gasteiger partial charge in [-0.3, -0.25) is 9.69 Å². The number of hydrogen-bond acceptors (Lipinski definition) is 2. The van der Waals surface area contributed by atoms with Crippen molar-refractivity contribution in [3.05, 3.63) is 65.0 Å². The molecule has 2 aromatic carbocycles. The molecule has 0 radical (unpaired) electrons. The number of nitrogens with zero attached hydrogens (tertiary/aromatic N) is 2. The van der Waals surface area contributed by atoms with E-state index < -0.39 is 11.7 Å². The van der Waals surface area contributed by atoms with E-state index in [-0.39, 0.29) is 29.9 Å². The van der Waals surface area contributed by atoms with Crippen LogP contribution in [0, 0.1) is 12.7 Å². The zero-order valence-corrected chi connectivity index (χ0v) is 17.9. The number of halogens is 4. The Balaban J connectivity index is 1.73. The van der Waals surface area contributed by atoms with Crippen LogP contribution in [0.25, 0.3) is 0 Å². The Morgan fingerprint density at radius 2 is 1.81 bits per heavy atom. The molecule has 0 saturated carbocycles. The maximum absolute atomic E-state index is 14.2. The fourth-order valence-corrected chi connectivity index (χ4v) is 4.14. The molecular weight excluding hydrogens is 408 g/mol. The van der Waals surface area contributed by atoms with Gasteiger partial charge in [-0.25, -0.2) is 4.39 Å². The summed E-state index contributed by atoms with van der Waals surface area (Å²) in [5.41, 5.74) is 0.715. The molecule has 3 rings (SSSR count). The molecule has 0 spiro atoms. The van der Waals surface area contributed by atoms with E-state index in [2.05, 4.69) is 0 Å². The lowest BCUT2D eigenvalue weighted by Crippen LogP contribution is -2.47. The van der Waals surface area contributed by atoms with Gasteiger partial charge in [0.15, 0.2) is 0 Å². The van der Waals surface area contributed by atoms with Crippen molar-refractivity contribution in [2.24, 2.45) is 0 Å². The molecule has 1 aliphatic heterocycles. The summed E-state index contributed by atoms with van der Waals surface area (Å²) in [7, 11) is 0. The Morgan fingerprint density at radius 1 is 1.13 bits per heavy atom. The van der Waals surface area contributed by atoms with Crippen molar-refractivity contribution >= 4 is 11.6 Å². The molecular formula is C24H28F4N2O. The van der Waals surface area contributed by atoms with Crippen LogP contribution in [0.3, 0.4) is 0 Å². The van der Waals surface area contributed by atoms with E-state index in [0.717, 1.165) is 6.07 Å². The van der Waals surface area contributed by atoms with Crippen LogP contribution in [-0.4, -0.2) is 29.9 Å². The molecule has 0 atom stereocenters. The number of rotatable bonds is 6. The van der Waals surface area contributed by atoms with Gasteiger partial charge in [0.1, 0.15) is 5.82 Å². The van der Waals surface area contributed by atoms with Crippen LogP contribution < -0.4 is 4.90 Å². The summed E-state index contributed by atoms with van der Waals surface area (Å²) in [5.74, 6) is -0.403. The van der Waals surface area contributed by atoms with E-state index in [0.29, 0.717) is 50.0 Å². The third-order valence-electron chi connectivity index (χ3n) is 5.81. The van der Waals surface area contributed by atoms with Crippen LogP contribution in [0.5, 0.6) is 0 Å². The number of amides is 1. The number of carbonyl (C=O) groups is 1. The third kappa shape index (κ3) is 5.64. The van der Waals surface area contributed by atoms with Gasteiger partial charge in [-0.05, 0) is 55.5 Å². The fraction of sp³-hybridized carbons (Fsp3) is 0.458. The van der Waals surface area contributed by atoms with Gasteiger partial charge in [-0.15, -0.1) is 0 Å². The molecule has 1 amide bonds. The van der Waals surface area contributed by atoms with Gasteiger partial charge in [0.05, 0.1) is 5.56 Å². The first-order chi connectivity index (χ1) is 14.7. The molecule has 0 aromatic heterocycles. The van der Waals surface area contributed by atoms with Gasteiger partial charge in [0.25, 0.3) is 0 Å². The third-order valence-corrected chi connectivity index (χ3v) is 5.81. The number of aryl methyl sites for hydroxylation is 1. The predicted octanol–water partition coefficient (Wildman–Crippen LogP) is 5.95. The second-order valence-corrected chi connectivity index (χ2v) is 8.11. The first kappa shape index (κ1) is 23.3. The summed E-state index contributed by atoms with van der Waals surface area (Å²) >= 11 is 0. The number of benzene rings is 2. The average Bonchev–Trinajstić information content (AvgIpc) is 2.72. The van der Waals surface area contributed by atoms with E-state index in [9.17, 15) is 22.4 Å². The van der Waals surface area contributed by atoms with Crippen molar-refractivity contribution in [3.63, 3.8) is 0 Å². The molecule has 0 N–H and O–H groups in total. The molecule has 3 nitrogen and oxygen atoms in total. The number of anilines is 1. The molecule has 0 bridgehead atoms. The largest absolute Gasteiger partial charge is 0.416 e. The minimum atomic E-state index is -4.38. The summed E-state index contributed by atoms with van der Waals surface area (Å²) in [6, 6.07) is 10.4. The van der Waals surface area contributed by atoms with E-state index in [4.69, 9.17) is 0 Å². The first-order valence-corrected chi connectivity index (χ1v) is 10.7. The molecule has 1 saturated heterocycles. The molecule has 1 aliphatic rings. The van der Waals surface area contributed by atoms with E-state index in [1.807, 2.05) is 11.8 Å². The number of hydrogen-bond donors (Lipinski definition) is 0. The van der Waals surface area contributed by atoms with Gasteiger partial charge in [-0.1, -0.05) is 31.2 Å². The Kier molecular flexibility index (Phi) is 7.36. The summed E-state index contributed by atoms with van der Waals surface area (Å²) < 4.78 is 54.0. The maximum Gasteiger partial charge on any atom is 0.416 e. The SMILES string of the molecule is CCCC(=O)N(c1ccc(C)c(F)c1)C1CCN(Cc2ccccc2C(F)(F)F)CC1. The second kappa shape index (κ2) is 9.81. The lowest BCUT2D eigenvalue weighted by Gasteiger charge is -2.39. The van der Waals surface area contributed by atoms with Crippen molar-refractivity contribution in [2.75, 3.05) is 18.0 Å². The van der Waals surface area contributed by atoms with Crippen LogP contribution in [0.15, 0.2) is 42.5 Å². The molecule has 0 aliphatic carbocycles. The monoisotopic (exact) mass is 436 g/mol. The first-order valence-electron chi connectivity index (χ1n) is 10.7.